The normalized spacial score (nSPS) is 12.7. The average Bonchev–Trinajstić information content (AvgIpc) is 2.85. The van der Waals surface area contributed by atoms with Crippen LogP contribution in [0.5, 0.6) is 0 Å². The molecule has 242 valence electrons. The molecule has 0 fully saturated rings. The van der Waals surface area contributed by atoms with Gasteiger partial charge < -0.3 is 69.1 Å². The smallest absolute Gasteiger partial charge is 0.362 e. The van der Waals surface area contributed by atoms with Crippen molar-refractivity contribution in [1.29, 1.82) is 0 Å². The molecule has 0 bridgehead atoms. The van der Waals surface area contributed by atoms with Crippen LogP contribution in [0.25, 0.3) is 0 Å². The molecule has 0 aliphatic rings. The fourth-order valence-corrected chi connectivity index (χ4v) is 4.67. The summed E-state index contributed by atoms with van der Waals surface area (Å²) in [7, 11) is 2.09. The number of nitrogens with two attached hydrogens (primary N) is 2. The maximum absolute atomic E-state index is 10.8. The molecule has 0 saturated heterocycles. The maximum Gasteiger partial charge on any atom is 0.362 e. The molecule has 0 aliphatic carbocycles. The van der Waals surface area contributed by atoms with Crippen LogP contribution < -0.4 is 43.8 Å². The Morgan fingerprint density at radius 2 is 1.00 bits per heavy atom. The van der Waals surface area contributed by atoms with Gasteiger partial charge in [0.2, 0.25) is 11.8 Å². The third kappa shape index (κ3) is 31.7. The number of unbranched alkanes of at least 4 members (excludes halogenated alkanes) is 2. The Bertz CT molecular complexity index is 718. The number of carboxylic acids is 4. The van der Waals surface area contributed by atoms with E-state index < -0.39 is 59.9 Å². The first kappa shape index (κ1) is 45.3. The van der Waals surface area contributed by atoms with Gasteiger partial charge in [-0.15, -0.1) is 0 Å². The Kier molecular flexibility index (Phi) is 31.9. The van der Waals surface area contributed by atoms with Gasteiger partial charge in [-0.05, 0) is 38.8 Å². The molecule has 19 heteroatoms. The predicted octanol–water partition coefficient (Wildman–Crippen LogP) is -6.33. The number of nitrogens with one attached hydrogen (secondary N) is 2. The lowest BCUT2D eigenvalue weighted by Gasteiger charge is -2.20. The van der Waals surface area contributed by atoms with Crippen molar-refractivity contribution >= 4 is 57.3 Å². The summed E-state index contributed by atoms with van der Waals surface area (Å²) in [4.78, 5) is 63.3. The molecule has 0 heterocycles. The molecule has 41 heavy (non-hydrogen) atoms. The molecule has 2 amide bonds. The topological polar surface area (TPSA) is 352 Å². The highest BCUT2D eigenvalue weighted by Crippen LogP contribution is 2.22. The predicted molar refractivity (Wildman–Crippen MR) is 148 cm³/mol. The summed E-state index contributed by atoms with van der Waals surface area (Å²) in [6.07, 6.45) is 4.76. The molecule has 0 unspecified atom stereocenters. The van der Waals surface area contributed by atoms with Gasteiger partial charge in [-0.1, -0.05) is 21.6 Å². The molecule has 4 atom stereocenters. The van der Waals surface area contributed by atoms with E-state index in [1.807, 2.05) is 0 Å². The molecule has 0 aliphatic heterocycles. The zero-order valence-corrected chi connectivity index (χ0v) is 25.1. The van der Waals surface area contributed by atoms with E-state index in [1.165, 1.54) is 13.8 Å². The van der Waals surface area contributed by atoms with Crippen LogP contribution in [0.1, 0.15) is 52.4 Å². The van der Waals surface area contributed by atoms with Crippen LogP contribution in [-0.4, -0.2) is 100 Å². The van der Waals surface area contributed by atoms with Crippen LogP contribution in [0.4, 0.5) is 0 Å². The van der Waals surface area contributed by atoms with Gasteiger partial charge in [-0.3, -0.25) is 9.59 Å². The van der Waals surface area contributed by atoms with Crippen molar-refractivity contribution < 1.29 is 66.1 Å². The number of rotatable bonds is 19. The molecular weight excluding hydrogens is 588 g/mol. The van der Waals surface area contributed by atoms with Crippen molar-refractivity contribution in [2.45, 2.75) is 76.5 Å². The third-order valence-corrected chi connectivity index (χ3v) is 7.01. The van der Waals surface area contributed by atoms with E-state index >= 15 is 0 Å². The molecule has 0 aromatic heterocycles. The van der Waals surface area contributed by atoms with Crippen molar-refractivity contribution in [1.82, 2.24) is 10.6 Å². The summed E-state index contributed by atoms with van der Waals surface area (Å²) in [5.41, 5.74) is 17.4. The van der Waals surface area contributed by atoms with E-state index in [4.69, 9.17) is 21.7 Å². The first-order valence-corrected chi connectivity index (χ1v) is 14.8. The van der Waals surface area contributed by atoms with Crippen LogP contribution in [0.3, 0.4) is 0 Å². The first-order valence-electron chi connectivity index (χ1n) is 12.3. The number of hydrogen-bond acceptors (Lipinski definition) is 12. The van der Waals surface area contributed by atoms with Crippen LogP contribution in [0.15, 0.2) is 0 Å². The third-order valence-electron chi connectivity index (χ3n) is 4.59. The van der Waals surface area contributed by atoms with Gasteiger partial charge in [0.25, 0.3) is 0 Å². The summed E-state index contributed by atoms with van der Waals surface area (Å²) < 4.78 is 0. The zero-order valence-electron chi connectivity index (χ0n) is 23.4. The van der Waals surface area contributed by atoms with Gasteiger partial charge in [0.15, 0.2) is 12.1 Å². The van der Waals surface area contributed by atoms with Crippen LogP contribution in [0.2, 0.25) is 0 Å². The molecule has 0 saturated carbocycles. The van der Waals surface area contributed by atoms with Gasteiger partial charge >= 0.3 is 11.9 Å². The second kappa shape index (κ2) is 28.8. The zero-order chi connectivity index (χ0) is 31.7. The quantitative estimate of drug-likeness (QED) is 0.0484. The number of aliphatic carboxylic acids is 4. The number of carboxylic acid groups (broad SMARTS) is 4. The van der Waals surface area contributed by atoms with Gasteiger partial charge in [0, 0.05) is 38.2 Å². The standard InChI is InChI=1S/C10H16N2O6S2.2C6H14N2O2.H2O/c1-5(13)11-7(9(15)16)3-19-20-4-8(10(17)18)12-6(2)14;2*7-4-2-1-3-5(8)6(9)10;/h7-8H,3-4H2,1-2H3,(H,11,13)(H,12,14)(H,15,16)(H,17,18);2*5H,1-4,7-8H2,(H,9,10);1H2/t7-,8-;2*5-;/m000./s1. The highest BCUT2D eigenvalue weighted by molar-refractivity contribution is 8.76. The summed E-state index contributed by atoms with van der Waals surface area (Å²) in [6, 6.07) is -3.25. The van der Waals surface area contributed by atoms with Gasteiger partial charge in [0.05, 0.1) is 24.0 Å². The van der Waals surface area contributed by atoms with Gasteiger partial charge in [-0.2, -0.15) is 0 Å². The highest BCUT2D eigenvalue weighted by atomic mass is 33.1. The highest BCUT2D eigenvalue weighted by Gasteiger charge is 2.15. The Morgan fingerprint density at radius 3 is 1.20 bits per heavy atom. The summed E-state index contributed by atoms with van der Waals surface area (Å²) in [6.45, 7) is 3.62. The monoisotopic (exact) mass is 634 g/mol. The average molecular weight is 635 g/mol. The Balaban J connectivity index is -0.000000275. The van der Waals surface area contributed by atoms with Crippen molar-refractivity contribution in [3.05, 3.63) is 0 Å². The summed E-state index contributed by atoms with van der Waals surface area (Å²) >= 11 is 0. The largest absolute Gasteiger partial charge is 0.548 e. The molecular formula is C22H46N6O11S2. The van der Waals surface area contributed by atoms with Crippen molar-refractivity contribution in [2.24, 2.45) is 11.5 Å². The number of carbonyl (C=O) groups excluding carboxylic acids is 4. The molecule has 16 N–H and O–H groups in total. The van der Waals surface area contributed by atoms with E-state index in [1.54, 1.807) is 0 Å². The van der Waals surface area contributed by atoms with Gasteiger partial charge in [-0.25, -0.2) is 9.59 Å². The SMILES string of the molecule is CC(=O)N[C@@H](CSSC[C@H](NC(C)=O)C(=O)[O-])C(=O)[O-].NCCCC[C@H]([NH3+])C(=O)O.NCCCC[C@H]([NH3+])C(=O)O.O. The lowest BCUT2D eigenvalue weighted by molar-refractivity contribution is -0.409. The molecule has 0 radical (unpaired) electrons. The second-order valence-electron chi connectivity index (χ2n) is 8.35. The lowest BCUT2D eigenvalue weighted by atomic mass is 10.1. The van der Waals surface area contributed by atoms with Crippen molar-refractivity contribution in [3.63, 3.8) is 0 Å². The minimum Gasteiger partial charge on any atom is -0.548 e. The minimum atomic E-state index is -1.42. The number of hydrogen-bond donors (Lipinski definition) is 8. The Hall–Kier alpha value is -2.68. The molecule has 0 rings (SSSR count). The van der Waals surface area contributed by atoms with Crippen molar-refractivity contribution in [2.75, 3.05) is 24.6 Å². The first-order chi connectivity index (χ1) is 18.6. The van der Waals surface area contributed by atoms with E-state index in [0.29, 0.717) is 25.9 Å². The maximum atomic E-state index is 10.8. The molecule has 0 spiro atoms. The molecule has 0 aromatic rings. The molecule has 0 aromatic carbocycles. The van der Waals surface area contributed by atoms with Crippen LogP contribution in [0, 0.1) is 0 Å². The number of quaternary nitrogens is 2. The van der Waals surface area contributed by atoms with Crippen LogP contribution >= 0.6 is 21.6 Å². The second-order valence-corrected chi connectivity index (χ2v) is 10.9. The number of carbonyl (C=O) groups is 6. The van der Waals surface area contributed by atoms with E-state index in [9.17, 15) is 39.0 Å². The van der Waals surface area contributed by atoms with E-state index in [0.717, 1.165) is 47.3 Å². The van der Waals surface area contributed by atoms with E-state index in [2.05, 4.69) is 22.1 Å². The lowest BCUT2D eigenvalue weighted by Crippen LogP contribution is -2.64. The van der Waals surface area contributed by atoms with Gasteiger partial charge in [0.1, 0.15) is 0 Å². The Morgan fingerprint density at radius 1 is 0.707 bits per heavy atom. The number of amides is 2. The molecule has 17 nitrogen and oxygen atoms in total. The minimum absolute atomic E-state index is 0. The summed E-state index contributed by atoms with van der Waals surface area (Å²) in [5.74, 6) is -5.49. The Labute approximate surface area is 246 Å². The fraction of sp³-hybridized carbons (Fsp3) is 0.727. The fourth-order valence-electron chi connectivity index (χ4n) is 2.38. The van der Waals surface area contributed by atoms with E-state index in [-0.39, 0.29) is 17.0 Å². The summed E-state index contributed by atoms with van der Waals surface area (Å²) in [5, 5.41) is 42.6. The van der Waals surface area contributed by atoms with Crippen molar-refractivity contribution in [3.8, 4) is 0 Å². The van der Waals surface area contributed by atoms with Crippen LogP contribution in [-0.2, 0) is 28.8 Å².